The lowest BCUT2D eigenvalue weighted by Gasteiger charge is -2.14. The predicted molar refractivity (Wildman–Crippen MR) is 52.2 cm³/mol. The van der Waals surface area contributed by atoms with E-state index in [0.717, 1.165) is 6.42 Å². The normalized spacial score (nSPS) is 15.3. The van der Waals surface area contributed by atoms with Gasteiger partial charge in [0.2, 0.25) is 0 Å². The fourth-order valence-electron chi connectivity index (χ4n) is 0.873. The standard InChI is InChI=1S/C8H17NO2S/c1-6(4-5-9)12-7(2)8(10)11-3/h6-7H,4-5,9H2,1-3H3. The number of hydrogen-bond donors (Lipinski definition) is 1. The highest BCUT2D eigenvalue weighted by Gasteiger charge is 2.16. The quantitative estimate of drug-likeness (QED) is 0.659. The molecule has 0 radical (unpaired) electrons. The highest BCUT2D eigenvalue weighted by Crippen LogP contribution is 2.20. The average Bonchev–Trinajstić information content (AvgIpc) is 2.03. The van der Waals surface area contributed by atoms with Crippen molar-refractivity contribution in [2.45, 2.75) is 30.8 Å². The topological polar surface area (TPSA) is 52.3 Å². The molecule has 0 aromatic heterocycles. The molecule has 0 aromatic carbocycles. The average molecular weight is 191 g/mol. The Balaban J connectivity index is 3.67. The van der Waals surface area contributed by atoms with E-state index in [1.165, 1.54) is 7.11 Å². The smallest absolute Gasteiger partial charge is 0.318 e. The van der Waals surface area contributed by atoms with E-state index in [1.807, 2.05) is 6.92 Å². The van der Waals surface area contributed by atoms with Crippen LogP contribution < -0.4 is 5.73 Å². The number of rotatable bonds is 5. The Bertz CT molecular complexity index is 141. The van der Waals surface area contributed by atoms with Crippen molar-refractivity contribution in [1.29, 1.82) is 0 Å². The van der Waals surface area contributed by atoms with Gasteiger partial charge in [-0.05, 0) is 19.9 Å². The second-order valence-electron chi connectivity index (χ2n) is 2.69. The van der Waals surface area contributed by atoms with E-state index in [-0.39, 0.29) is 11.2 Å². The van der Waals surface area contributed by atoms with Crippen molar-refractivity contribution >= 4 is 17.7 Å². The van der Waals surface area contributed by atoms with Gasteiger partial charge in [-0.1, -0.05) is 6.92 Å². The fourth-order valence-corrected chi connectivity index (χ4v) is 2.05. The molecular formula is C8H17NO2S. The molecule has 2 unspecified atom stereocenters. The van der Waals surface area contributed by atoms with Crippen LogP contribution in [0.25, 0.3) is 0 Å². The molecular weight excluding hydrogens is 174 g/mol. The van der Waals surface area contributed by atoms with Crippen LogP contribution in [0.3, 0.4) is 0 Å². The third-order valence-corrected chi connectivity index (χ3v) is 2.84. The molecule has 3 nitrogen and oxygen atoms in total. The van der Waals surface area contributed by atoms with Gasteiger partial charge in [-0.2, -0.15) is 0 Å². The van der Waals surface area contributed by atoms with Crippen molar-refractivity contribution in [1.82, 2.24) is 0 Å². The van der Waals surface area contributed by atoms with E-state index in [9.17, 15) is 4.79 Å². The summed E-state index contributed by atoms with van der Waals surface area (Å²) < 4.78 is 4.60. The van der Waals surface area contributed by atoms with Crippen LogP contribution >= 0.6 is 11.8 Å². The minimum atomic E-state index is -0.163. The number of carbonyl (C=O) groups excluding carboxylic acids is 1. The maximum atomic E-state index is 11.0. The first-order valence-corrected chi connectivity index (χ1v) is 4.99. The number of nitrogens with two attached hydrogens (primary N) is 1. The van der Waals surface area contributed by atoms with Crippen LogP contribution in [-0.4, -0.2) is 30.1 Å². The molecule has 0 saturated carbocycles. The SMILES string of the molecule is COC(=O)C(C)SC(C)CCN. The second kappa shape index (κ2) is 6.31. The Hall–Kier alpha value is -0.220. The third kappa shape index (κ3) is 4.62. The van der Waals surface area contributed by atoms with Crippen molar-refractivity contribution in [2.24, 2.45) is 5.73 Å². The molecule has 12 heavy (non-hydrogen) atoms. The second-order valence-corrected chi connectivity index (χ2v) is 4.47. The van der Waals surface area contributed by atoms with Gasteiger partial charge in [0.25, 0.3) is 0 Å². The lowest BCUT2D eigenvalue weighted by Crippen LogP contribution is -2.19. The summed E-state index contributed by atoms with van der Waals surface area (Å²) >= 11 is 1.60. The molecule has 2 atom stereocenters. The summed E-state index contributed by atoms with van der Waals surface area (Å²) in [7, 11) is 1.41. The lowest BCUT2D eigenvalue weighted by atomic mass is 10.3. The summed E-state index contributed by atoms with van der Waals surface area (Å²) in [5.74, 6) is -0.163. The van der Waals surface area contributed by atoms with Gasteiger partial charge in [0.15, 0.2) is 0 Å². The number of esters is 1. The minimum absolute atomic E-state index is 0.0865. The van der Waals surface area contributed by atoms with Crippen LogP contribution in [0.4, 0.5) is 0 Å². The zero-order valence-electron chi connectivity index (χ0n) is 7.87. The Morgan fingerprint density at radius 2 is 2.17 bits per heavy atom. The highest BCUT2D eigenvalue weighted by molar-refractivity contribution is 8.01. The number of ether oxygens (including phenoxy) is 1. The first kappa shape index (κ1) is 11.8. The number of carbonyl (C=O) groups is 1. The maximum absolute atomic E-state index is 11.0. The fraction of sp³-hybridized carbons (Fsp3) is 0.875. The molecule has 0 amide bonds. The van der Waals surface area contributed by atoms with E-state index in [4.69, 9.17) is 5.73 Å². The molecule has 0 aliphatic heterocycles. The Kier molecular flexibility index (Phi) is 6.20. The molecule has 0 fully saturated rings. The molecule has 0 aliphatic carbocycles. The molecule has 0 aliphatic rings. The van der Waals surface area contributed by atoms with Crippen molar-refractivity contribution in [2.75, 3.05) is 13.7 Å². The Labute approximate surface area is 78.0 Å². The molecule has 2 N–H and O–H groups in total. The number of methoxy groups -OCH3 is 1. The van der Waals surface area contributed by atoms with Gasteiger partial charge >= 0.3 is 5.97 Å². The monoisotopic (exact) mass is 191 g/mol. The largest absolute Gasteiger partial charge is 0.468 e. The van der Waals surface area contributed by atoms with Gasteiger partial charge in [0.1, 0.15) is 0 Å². The van der Waals surface area contributed by atoms with Gasteiger partial charge in [-0.25, -0.2) is 0 Å². The van der Waals surface area contributed by atoms with Gasteiger partial charge in [0.05, 0.1) is 12.4 Å². The molecule has 72 valence electrons. The predicted octanol–water partition coefficient (Wildman–Crippen LogP) is 1.02. The summed E-state index contributed by atoms with van der Waals surface area (Å²) in [6.45, 7) is 4.59. The minimum Gasteiger partial charge on any atom is -0.468 e. The van der Waals surface area contributed by atoms with E-state index < -0.39 is 0 Å². The molecule has 0 saturated heterocycles. The molecule has 0 heterocycles. The first-order valence-electron chi connectivity index (χ1n) is 4.05. The summed E-state index contributed by atoms with van der Waals surface area (Å²) in [6.07, 6.45) is 0.937. The Morgan fingerprint density at radius 1 is 1.58 bits per heavy atom. The van der Waals surface area contributed by atoms with Gasteiger partial charge in [-0.3, -0.25) is 4.79 Å². The van der Waals surface area contributed by atoms with Crippen molar-refractivity contribution in [3.05, 3.63) is 0 Å². The maximum Gasteiger partial charge on any atom is 0.318 e. The molecule has 0 aromatic rings. The molecule has 0 rings (SSSR count). The van der Waals surface area contributed by atoms with Crippen LogP contribution in [0.2, 0.25) is 0 Å². The number of hydrogen-bond acceptors (Lipinski definition) is 4. The summed E-state index contributed by atoms with van der Waals surface area (Å²) in [4.78, 5) is 11.0. The summed E-state index contributed by atoms with van der Waals surface area (Å²) in [5, 5.41) is 0.334. The Morgan fingerprint density at radius 3 is 2.58 bits per heavy atom. The van der Waals surface area contributed by atoms with Gasteiger partial charge in [0, 0.05) is 5.25 Å². The van der Waals surface area contributed by atoms with Gasteiger partial charge < -0.3 is 10.5 Å². The van der Waals surface area contributed by atoms with E-state index in [0.29, 0.717) is 11.8 Å². The third-order valence-electron chi connectivity index (χ3n) is 1.54. The highest BCUT2D eigenvalue weighted by atomic mass is 32.2. The van der Waals surface area contributed by atoms with E-state index in [2.05, 4.69) is 11.7 Å². The van der Waals surface area contributed by atoms with Crippen molar-refractivity contribution < 1.29 is 9.53 Å². The van der Waals surface area contributed by atoms with Crippen LogP contribution in [0.15, 0.2) is 0 Å². The van der Waals surface area contributed by atoms with Crippen LogP contribution in [-0.2, 0) is 9.53 Å². The van der Waals surface area contributed by atoms with Crippen LogP contribution in [0, 0.1) is 0 Å². The van der Waals surface area contributed by atoms with Crippen molar-refractivity contribution in [3.8, 4) is 0 Å². The zero-order chi connectivity index (χ0) is 9.56. The summed E-state index contributed by atoms with van der Waals surface area (Å²) in [5.41, 5.74) is 5.38. The van der Waals surface area contributed by atoms with Crippen LogP contribution in [0.1, 0.15) is 20.3 Å². The number of thioether (sulfide) groups is 1. The molecule has 0 spiro atoms. The molecule has 4 heteroatoms. The summed E-state index contributed by atoms with van der Waals surface area (Å²) in [6, 6.07) is 0. The zero-order valence-corrected chi connectivity index (χ0v) is 8.69. The molecule has 0 bridgehead atoms. The van der Waals surface area contributed by atoms with E-state index >= 15 is 0 Å². The van der Waals surface area contributed by atoms with Gasteiger partial charge in [-0.15, -0.1) is 11.8 Å². The van der Waals surface area contributed by atoms with Crippen LogP contribution in [0.5, 0.6) is 0 Å². The van der Waals surface area contributed by atoms with E-state index in [1.54, 1.807) is 11.8 Å². The lowest BCUT2D eigenvalue weighted by molar-refractivity contribution is -0.139. The first-order chi connectivity index (χ1) is 5.61. The van der Waals surface area contributed by atoms with Crippen molar-refractivity contribution in [3.63, 3.8) is 0 Å².